The van der Waals surface area contributed by atoms with Crippen LogP contribution in [0, 0.1) is 0 Å². The predicted molar refractivity (Wildman–Crippen MR) is 44.8 cm³/mol. The van der Waals surface area contributed by atoms with E-state index >= 15 is 0 Å². The van der Waals surface area contributed by atoms with Gasteiger partial charge in [0.1, 0.15) is 0 Å². The zero-order chi connectivity index (χ0) is 11.6. The molecule has 0 aliphatic carbocycles. The Morgan fingerprint density at radius 2 is 2.07 bits per heavy atom. The van der Waals surface area contributed by atoms with Gasteiger partial charge >= 0.3 is 12.1 Å². The maximum Gasteiger partial charge on any atom is 0.471 e. The Morgan fingerprint density at radius 1 is 1.47 bits per heavy atom. The van der Waals surface area contributed by atoms with Crippen LogP contribution in [0.15, 0.2) is 4.52 Å². The van der Waals surface area contributed by atoms with Gasteiger partial charge in [0.2, 0.25) is 0 Å². The van der Waals surface area contributed by atoms with Crippen molar-refractivity contribution in [1.82, 2.24) is 15.0 Å². The van der Waals surface area contributed by atoms with Crippen molar-refractivity contribution in [3.05, 3.63) is 11.7 Å². The van der Waals surface area contributed by atoms with Crippen molar-refractivity contribution in [2.45, 2.75) is 12.2 Å². The molecule has 1 rings (SSSR count). The van der Waals surface area contributed by atoms with Crippen molar-refractivity contribution < 1.29 is 17.7 Å². The van der Waals surface area contributed by atoms with E-state index < -0.39 is 18.1 Å². The molecule has 5 nitrogen and oxygen atoms in total. The fraction of sp³-hybridized carbons (Fsp3) is 0.714. The van der Waals surface area contributed by atoms with Gasteiger partial charge in [-0.2, -0.15) is 18.2 Å². The first-order valence-electron chi connectivity index (χ1n) is 4.12. The summed E-state index contributed by atoms with van der Waals surface area (Å²) >= 11 is 0. The molecule has 0 amide bonds. The lowest BCUT2D eigenvalue weighted by Gasteiger charge is -2.12. The van der Waals surface area contributed by atoms with Gasteiger partial charge in [0.05, 0.1) is 6.04 Å². The number of hydrogen-bond donors (Lipinski definition) is 1. The highest BCUT2D eigenvalue weighted by molar-refractivity contribution is 4.95. The van der Waals surface area contributed by atoms with Crippen LogP contribution in [0.25, 0.3) is 0 Å². The molecule has 0 saturated heterocycles. The van der Waals surface area contributed by atoms with Gasteiger partial charge in [-0.05, 0) is 14.1 Å². The van der Waals surface area contributed by atoms with Crippen molar-refractivity contribution in [1.29, 1.82) is 0 Å². The van der Waals surface area contributed by atoms with Crippen LogP contribution in [-0.2, 0) is 6.18 Å². The predicted octanol–water partition coefficient (Wildman–Crippen LogP) is 0.650. The third-order valence-corrected chi connectivity index (χ3v) is 1.58. The number of nitrogens with zero attached hydrogens (tertiary/aromatic N) is 3. The Bertz CT molecular complexity index is 322. The van der Waals surface area contributed by atoms with Gasteiger partial charge in [0, 0.05) is 6.54 Å². The van der Waals surface area contributed by atoms with E-state index in [2.05, 4.69) is 14.7 Å². The fourth-order valence-corrected chi connectivity index (χ4v) is 0.976. The molecule has 0 bridgehead atoms. The maximum absolute atomic E-state index is 12.1. The third kappa shape index (κ3) is 3.17. The molecule has 0 spiro atoms. The molecule has 0 radical (unpaired) electrons. The van der Waals surface area contributed by atoms with Crippen molar-refractivity contribution in [2.75, 3.05) is 20.6 Å². The van der Waals surface area contributed by atoms with E-state index in [1.165, 1.54) is 0 Å². The molecule has 0 fully saturated rings. The zero-order valence-corrected chi connectivity index (χ0v) is 8.25. The van der Waals surface area contributed by atoms with Crippen molar-refractivity contribution in [3.8, 4) is 0 Å². The van der Waals surface area contributed by atoms with Crippen LogP contribution in [0.2, 0.25) is 0 Å². The molecule has 1 atom stereocenters. The Balaban J connectivity index is 2.76. The second kappa shape index (κ2) is 4.15. The molecule has 8 heteroatoms. The molecule has 1 heterocycles. The Morgan fingerprint density at radius 3 is 2.47 bits per heavy atom. The number of likely N-dealkylation sites (N-methyl/N-ethyl adjacent to an activating group) is 1. The lowest BCUT2D eigenvalue weighted by molar-refractivity contribution is -0.159. The van der Waals surface area contributed by atoms with E-state index in [-0.39, 0.29) is 5.82 Å². The topological polar surface area (TPSA) is 68.2 Å². The molecule has 1 aromatic heterocycles. The van der Waals surface area contributed by atoms with E-state index in [1.54, 1.807) is 19.0 Å². The second-order valence-corrected chi connectivity index (χ2v) is 3.32. The molecular formula is C7H11F3N4O. The van der Waals surface area contributed by atoms with E-state index in [0.29, 0.717) is 6.54 Å². The molecule has 86 valence electrons. The number of nitrogens with two attached hydrogens (primary N) is 1. The zero-order valence-electron chi connectivity index (χ0n) is 8.25. The van der Waals surface area contributed by atoms with Gasteiger partial charge in [0.15, 0.2) is 5.82 Å². The smallest absolute Gasteiger partial charge is 0.329 e. The van der Waals surface area contributed by atoms with Crippen LogP contribution in [0.5, 0.6) is 0 Å². The summed E-state index contributed by atoms with van der Waals surface area (Å²) in [5.74, 6) is -1.51. The monoisotopic (exact) mass is 224 g/mol. The lowest BCUT2D eigenvalue weighted by atomic mass is 10.3. The third-order valence-electron chi connectivity index (χ3n) is 1.58. The summed E-state index contributed by atoms with van der Waals surface area (Å²) in [7, 11) is 3.48. The Hall–Kier alpha value is -1.15. The van der Waals surface area contributed by atoms with Crippen LogP contribution in [0.3, 0.4) is 0 Å². The maximum atomic E-state index is 12.1. The number of rotatable bonds is 3. The highest BCUT2D eigenvalue weighted by Gasteiger charge is 2.38. The number of halogens is 3. The summed E-state index contributed by atoms with van der Waals surface area (Å²) in [6.07, 6.45) is -4.62. The molecular weight excluding hydrogens is 213 g/mol. The quantitative estimate of drug-likeness (QED) is 0.816. The summed E-state index contributed by atoms with van der Waals surface area (Å²) in [5.41, 5.74) is 5.56. The summed E-state index contributed by atoms with van der Waals surface area (Å²) in [5, 5.41) is 3.18. The second-order valence-electron chi connectivity index (χ2n) is 3.32. The summed E-state index contributed by atoms with van der Waals surface area (Å²) in [6.45, 7) is 0.344. The highest BCUT2D eigenvalue weighted by Crippen LogP contribution is 2.27. The minimum absolute atomic E-state index is 0.143. The fourth-order valence-electron chi connectivity index (χ4n) is 0.976. The standard InChI is InChI=1S/C7H11F3N4O/c1-14(2)3-4(11)5-12-6(15-13-5)7(8,9)10/h4H,3,11H2,1-2H3. The van der Waals surface area contributed by atoms with Crippen molar-refractivity contribution >= 4 is 0 Å². The molecule has 1 aromatic rings. The Kier molecular flexibility index (Phi) is 3.30. The van der Waals surface area contributed by atoms with Gasteiger partial charge < -0.3 is 15.2 Å². The minimum atomic E-state index is -4.62. The summed E-state index contributed by atoms with van der Waals surface area (Å²) < 4.78 is 40.3. The minimum Gasteiger partial charge on any atom is -0.329 e. The highest BCUT2D eigenvalue weighted by atomic mass is 19.4. The van der Waals surface area contributed by atoms with Crippen LogP contribution in [-0.4, -0.2) is 35.7 Å². The van der Waals surface area contributed by atoms with Gasteiger partial charge in [-0.1, -0.05) is 5.16 Å². The normalized spacial score (nSPS) is 14.6. The average molecular weight is 224 g/mol. The molecule has 0 aliphatic rings. The van der Waals surface area contributed by atoms with Gasteiger partial charge in [-0.15, -0.1) is 0 Å². The molecule has 0 aliphatic heterocycles. The van der Waals surface area contributed by atoms with Gasteiger partial charge in [-0.3, -0.25) is 0 Å². The molecule has 15 heavy (non-hydrogen) atoms. The van der Waals surface area contributed by atoms with Crippen LogP contribution in [0.1, 0.15) is 17.8 Å². The molecule has 0 aromatic carbocycles. The number of aromatic nitrogens is 2. The average Bonchev–Trinajstić information content (AvgIpc) is 2.48. The van der Waals surface area contributed by atoms with Crippen LogP contribution >= 0.6 is 0 Å². The van der Waals surface area contributed by atoms with Crippen molar-refractivity contribution in [2.24, 2.45) is 5.73 Å². The van der Waals surface area contributed by atoms with E-state index in [1.807, 2.05) is 0 Å². The first kappa shape index (κ1) is 11.9. The first-order valence-corrected chi connectivity index (χ1v) is 4.12. The van der Waals surface area contributed by atoms with Gasteiger partial charge in [0.25, 0.3) is 0 Å². The van der Waals surface area contributed by atoms with E-state index in [9.17, 15) is 13.2 Å². The molecule has 2 N–H and O–H groups in total. The first-order chi connectivity index (χ1) is 6.80. The SMILES string of the molecule is CN(C)CC(N)c1noc(C(F)(F)F)n1. The van der Waals surface area contributed by atoms with E-state index in [4.69, 9.17) is 5.73 Å². The largest absolute Gasteiger partial charge is 0.471 e. The van der Waals surface area contributed by atoms with Crippen molar-refractivity contribution in [3.63, 3.8) is 0 Å². The van der Waals surface area contributed by atoms with Crippen LogP contribution < -0.4 is 5.73 Å². The molecule has 0 saturated carbocycles. The Labute approximate surface area is 84.0 Å². The molecule has 1 unspecified atom stereocenters. The number of alkyl halides is 3. The summed E-state index contributed by atoms with van der Waals surface area (Å²) in [4.78, 5) is 4.90. The lowest BCUT2D eigenvalue weighted by Crippen LogP contribution is -2.27. The van der Waals surface area contributed by atoms with Gasteiger partial charge in [-0.25, -0.2) is 0 Å². The van der Waals surface area contributed by atoms with Crippen LogP contribution in [0.4, 0.5) is 13.2 Å². The van der Waals surface area contributed by atoms with E-state index in [0.717, 1.165) is 0 Å². The summed E-state index contributed by atoms with van der Waals surface area (Å²) in [6, 6.07) is -0.695. The number of hydrogen-bond acceptors (Lipinski definition) is 5.